The number of rotatable bonds is 4. The molecule has 2 rings (SSSR count). The van der Waals surface area contributed by atoms with Gasteiger partial charge in [0.05, 0.1) is 23.8 Å². The Labute approximate surface area is 120 Å². The van der Waals surface area contributed by atoms with E-state index in [0.29, 0.717) is 25.4 Å². The lowest BCUT2D eigenvalue weighted by molar-refractivity contribution is -0.384. The third-order valence-electron chi connectivity index (χ3n) is 3.06. The van der Waals surface area contributed by atoms with Crippen molar-refractivity contribution >= 4 is 23.2 Å². The molecular weight excluding hydrogens is 282 g/mol. The summed E-state index contributed by atoms with van der Waals surface area (Å²) in [5.41, 5.74) is 0.383. The number of morpholine rings is 1. The number of methoxy groups -OCH3 is 1. The maximum atomic E-state index is 11.2. The number of nitro benzene ring substituents is 1. The smallest absolute Gasteiger partial charge is 0.409 e. The first kappa shape index (κ1) is 15.0. The van der Waals surface area contributed by atoms with Gasteiger partial charge in [-0.3, -0.25) is 15.4 Å². The number of nitrogens with zero attached hydrogens (tertiary/aromatic N) is 2. The van der Waals surface area contributed by atoms with Crippen molar-refractivity contribution in [1.82, 2.24) is 0 Å². The molecule has 21 heavy (non-hydrogen) atoms. The monoisotopic (exact) mass is 297 g/mol. The van der Waals surface area contributed by atoms with E-state index in [1.54, 1.807) is 4.90 Å². The van der Waals surface area contributed by atoms with Gasteiger partial charge >= 0.3 is 6.09 Å². The van der Waals surface area contributed by atoms with E-state index in [1.807, 2.05) is 0 Å². The predicted molar refractivity (Wildman–Crippen MR) is 73.7 cm³/mol. The topological polar surface area (TPSA) is 114 Å². The van der Waals surface area contributed by atoms with Gasteiger partial charge in [0.1, 0.15) is 5.69 Å². The van der Waals surface area contributed by atoms with Crippen molar-refractivity contribution in [3.63, 3.8) is 0 Å². The number of ether oxygens (including phenoxy) is 2. The third-order valence-corrected chi connectivity index (χ3v) is 3.06. The molecule has 1 aromatic carbocycles. The Balaban J connectivity index is 2.29. The van der Waals surface area contributed by atoms with E-state index in [9.17, 15) is 14.9 Å². The first-order chi connectivity index (χ1) is 10.0. The number of hydrogen-bond acceptors (Lipinski definition) is 6. The molecule has 114 valence electrons. The quantitative estimate of drug-likeness (QED) is 0.639. The number of carboxylic acid groups (broad SMARTS) is 1. The minimum absolute atomic E-state index is 0.148. The number of hydrogen-bond donors (Lipinski definition) is 2. The second kappa shape index (κ2) is 6.37. The Morgan fingerprint density at radius 2 is 2.38 bits per heavy atom. The molecule has 1 amide bonds. The Morgan fingerprint density at radius 1 is 1.62 bits per heavy atom. The van der Waals surface area contributed by atoms with E-state index >= 15 is 0 Å². The number of nitrogens with one attached hydrogen (secondary N) is 1. The zero-order chi connectivity index (χ0) is 15.4. The minimum Gasteiger partial charge on any atom is -0.465 e. The molecule has 1 aliphatic rings. The van der Waals surface area contributed by atoms with Gasteiger partial charge in [-0.15, -0.1) is 0 Å². The fourth-order valence-electron chi connectivity index (χ4n) is 2.12. The molecule has 1 heterocycles. The van der Waals surface area contributed by atoms with Crippen molar-refractivity contribution in [2.75, 3.05) is 37.0 Å². The van der Waals surface area contributed by atoms with Crippen LogP contribution in [0.5, 0.6) is 0 Å². The average molecular weight is 297 g/mol. The molecule has 0 radical (unpaired) electrons. The highest BCUT2D eigenvalue weighted by Gasteiger charge is 2.26. The maximum absolute atomic E-state index is 11.2. The molecule has 2 N–H and O–H groups in total. The maximum Gasteiger partial charge on any atom is 0.409 e. The molecule has 0 saturated carbocycles. The van der Waals surface area contributed by atoms with Crippen molar-refractivity contribution in [2.24, 2.45) is 0 Å². The van der Waals surface area contributed by atoms with E-state index in [-0.39, 0.29) is 11.4 Å². The van der Waals surface area contributed by atoms with Crippen LogP contribution in [0.15, 0.2) is 18.2 Å². The molecule has 1 saturated heterocycles. The van der Waals surface area contributed by atoms with E-state index < -0.39 is 17.3 Å². The molecule has 0 bridgehead atoms. The van der Waals surface area contributed by atoms with E-state index in [2.05, 4.69) is 5.32 Å². The zero-order valence-electron chi connectivity index (χ0n) is 11.3. The number of anilines is 2. The zero-order valence-corrected chi connectivity index (χ0v) is 11.3. The summed E-state index contributed by atoms with van der Waals surface area (Å²) in [5, 5.41) is 21.9. The van der Waals surface area contributed by atoms with Crippen LogP contribution in [0.4, 0.5) is 21.9 Å². The van der Waals surface area contributed by atoms with Crippen molar-refractivity contribution < 1.29 is 24.3 Å². The molecule has 1 fully saturated rings. The third kappa shape index (κ3) is 3.58. The molecule has 1 aliphatic heterocycles. The lowest BCUT2D eigenvalue weighted by atomic mass is 10.2. The highest BCUT2D eigenvalue weighted by molar-refractivity contribution is 5.84. The van der Waals surface area contributed by atoms with Crippen molar-refractivity contribution in [1.29, 1.82) is 0 Å². The molecule has 9 nitrogen and oxygen atoms in total. The highest BCUT2D eigenvalue weighted by Crippen LogP contribution is 2.32. The molecule has 1 aromatic rings. The average Bonchev–Trinajstić information content (AvgIpc) is 2.46. The van der Waals surface area contributed by atoms with Crippen LogP contribution in [-0.4, -0.2) is 49.2 Å². The SMILES string of the molecule is COC1CN(c2ccc(NC(=O)O)cc2[N+](=O)[O-])CCO1. The Hall–Kier alpha value is -2.39. The predicted octanol–water partition coefficient (Wildman–Crippen LogP) is 1.49. The van der Waals surface area contributed by atoms with Gasteiger partial charge in [0, 0.05) is 19.7 Å². The number of amides is 1. The first-order valence-electron chi connectivity index (χ1n) is 6.19. The number of carbonyl (C=O) groups is 1. The van der Waals surface area contributed by atoms with Gasteiger partial charge in [-0.25, -0.2) is 4.79 Å². The molecule has 0 spiro atoms. The first-order valence-corrected chi connectivity index (χ1v) is 6.19. The molecule has 1 unspecified atom stereocenters. The Kier molecular flexibility index (Phi) is 4.55. The summed E-state index contributed by atoms with van der Waals surface area (Å²) < 4.78 is 10.4. The normalized spacial score (nSPS) is 18.3. The van der Waals surface area contributed by atoms with Gasteiger partial charge in [-0.2, -0.15) is 0 Å². The summed E-state index contributed by atoms with van der Waals surface area (Å²) >= 11 is 0. The molecule has 1 atom stereocenters. The fourth-order valence-corrected chi connectivity index (χ4v) is 2.12. The Morgan fingerprint density at radius 3 is 3.00 bits per heavy atom. The largest absolute Gasteiger partial charge is 0.465 e. The van der Waals surface area contributed by atoms with Crippen molar-refractivity contribution in [3.05, 3.63) is 28.3 Å². The van der Waals surface area contributed by atoms with Crippen LogP contribution < -0.4 is 10.2 Å². The van der Waals surface area contributed by atoms with E-state index in [1.165, 1.54) is 25.3 Å². The van der Waals surface area contributed by atoms with Gasteiger partial charge in [0.25, 0.3) is 5.69 Å². The molecule has 0 aliphatic carbocycles. The van der Waals surface area contributed by atoms with Crippen LogP contribution >= 0.6 is 0 Å². The van der Waals surface area contributed by atoms with E-state index in [4.69, 9.17) is 14.6 Å². The highest BCUT2D eigenvalue weighted by atomic mass is 16.7. The summed E-state index contributed by atoms with van der Waals surface area (Å²) in [7, 11) is 1.50. The molecule has 9 heteroatoms. The lowest BCUT2D eigenvalue weighted by Crippen LogP contribution is -2.43. The van der Waals surface area contributed by atoms with Gasteiger partial charge in [0.2, 0.25) is 0 Å². The van der Waals surface area contributed by atoms with Crippen LogP contribution in [0.2, 0.25) is 0 Å². The van der Waals surface area contributed by atoms with Gasteiger partial charge in [-0.1, -0.05) is 0 Å². The summed E-state index contributed by atoms with van der Waals surface area (Å²) in [5.74, 6) is 0. The van der Waals surface area contributed by atoms with Crippen LogP contribution in [0.3, 0.4) is 0 Å². The Bertz CT molecular complexity index is 550. The van der Waals surface area contributed by atoms with E-state index in [0.717, 1.165) is 0 Å². The summed E-state index contributed by atoms with van der Waals surface area (Å²) in [6.07, 6.45) is -1.72. The minimum atomic E-state index is -1.28. The fraction of sp³-hybridized carbons (Fsp3) is 0.417. The lowest BCUT2D eigenvalue weighted by Gasteiger charge is -2.33. The standard InChI is InChI=1S/C12H15N3O6/c1-20-11-7-14(4-5-21-11)9-3-2-8(13-12(16)17)6-10(9)15(18)19/h2-3,6,11,13H,4-5,7H2,1H3,(H,16,17). The summed E-state index contributed by atoms with van der Waals surface area (Å²) in [6.45, 7) is 1.25. The van der Waals surface area contributed by atoms with Crippen LogP contribution in [0.1, 0.15) is 0 Å². The second-order valence-corrected chi connectivity index (χ2v) is 4.37. The second-order valence-electron chi connectivity index (χ2n) is 4.37. The van der Waals surface area contributed by atoms with Crippen LogP contribution in [0, 0.1) is 10.1 Å². The summed E-state index contributed by atoms with van der Waals surface area (Å²) in [4.78, 5) is 23.0. The van der Waals surface area contributed by atoms with Gasteiger partial charge < -0.3 is 19.5 Å². The number of benzene rings is 1. The molecule has 0 aromatic heterocycles. The summed E-state index contributed by atoms with van der Waals surface area (Å²) in [6, 6.07) is 4.19. The molecular formula is C12H15N3O6. The van der Waals surface area contributed by atoms with Gasteiger partial charge in [0.15, 0.2) is 6.29 Å². The van der Waals surface area contributed by atoms with Gasteiger partial charge in [-0.05, 0) is 12.1 Å². The van der Waals surface area contributed by atoms with Crippen LogP contribution in [0.25, 0.3) is 0 Å². The van der Waals surface area contributed by atoms with Crippen molar-refractivity contribution in [3.8, 4) is 0 Å². The van der Waals surface area contributed by atoms with Crippen molar-refractivity contribution in [2.45, 2.75) is 6.29 Å². The van der Waals surface area contributed by atoms with Crippen LogP contribution in [-0.2, 0) is 9.47 Å². The number of nitro groups is 1.